The summed E-state index contributed by atoms with van der Waals surface area (Å²) >= 11 is 0. The Morgan fingerprint density at radius 1 is 1.12 bits per heavy atom. The van der Waals surface area contributed by atoms with Crippen molar-refractivity contribution in [3.05, 3.63) is 77.3 Å². The zero-order valence-electron chi connectivity index (χ0n) is 13.4. The molecule has 0 fully saturated rings. The van der Waals surface area contributed by atoms with Gasteiger partial charge in [0.15, 0.2) is 0 Å². The van der Waals surface area contributed by atoms with Gasteiger partial charge in [0.25, 0.3) is 5.91 Å². The van der Waals surface area contributed by atoms with E-state index >= 15 is 0 Å². The molecule has 1 amide bonds. The summed E-state index contributed by atoms with van der Waals surface area (Å²) in [5.41, 5.74) is 2.56. The van der Waals surface area contributed by atoms with Crippen molar-refractivity contribution in [3.63, 3.8) is 0 Å². The number of aromatic nitrogens is 1. The van der Waals surface area contributed by atoms with Crippen LogP contribution in [0.1, 0.15) is 34.6 Å². The molecule has 1 N–H and O–H groups in total. The lowest BCUT2D eigenvalue weighted by molar-refractivity contribution is 0.0939. The molecule has 0 aliphatic carbocycles. The zero-order chi connectivity index (χ0) is 17.1. The van der Waals surface area contributed by atoms with Crippen LogP contribution in [0.4, 0.5) is 4.39 Å². The highest BCUT2D eigenvalue weighted by Gasteiger charge is 2.22. The summed E-state index contributed by atoms with van der Waals surface area (Å²) in [6.45, 7) is 3.55. The quantitative estimate of drug-likeness (QED) is 0.779. The number of nitrogens with one attached hydrogen (secondary N) is 1. The maximum Gasteiger partial charge on any atom is 0.257 e. The smallest absolute Gasteiger partial charge is 0.257 e. The standard InChI is InChI=1S/C19H17FN2O2/c1-12(14-8-10-16(20)11-9-14)21-19(23)17-13(2)24-22-18(17)15-6-4-3-5-7-15/h3-12H,1-2H3,(H,21,23)/t12-/m1/s1. The summed E-state index contributed by atoms with van der Waals surface area (Å²) in [5.74, 6) is -0.124. The van der Waals surface area contributed by atoms with E-state index in [4.69, 9.17) is 4.52 Å². The Bertz CT molecular complexity index is 842. The summed E-state index contributed by atoms with van der Waals surface area (Å²) in [5, 5.41) is 6.92. The van der Waals surface area contributed by atoms with Gasteiger partial charge in [0.05, 0.1) is 6.04 Å². The molecular weight excluding hydrogens is 307 g/mol. The number of halogens is 1. The lowest BCUT2D eigenvalue weighted by Crippen LogP contribution is -2.27. The molecule has 0 saturated carbocycles. The van der Waals surface area contributed by atoms with Crippen LogP contribution < -0.4 is 5.32 Å². The van der Waals surface area contributed by atoms with Gasteiger partial charge < -0.3 is 9.84 Å². The number of carbonyl (C=O) groups is 1. The van der Waals surface area contributed by atoms with Crippen LogP contribution >= 0.6 is 0 Å². The Morgan fingerprint density at radius 2 is 1.79 bits per heavy atom. The number of benzene rings is 2. The Hall–Kier alpha value is -2.95. The maximum absolute atomic E-state index is 13.0. The summed E-state index contributed by atoms with van der Waals surface area (Å²) in [6.07, 6.45) is 0. The lowest BCUT2D eigenvalue weighted by Gasteiger charge is -2.14. The number of carbonyl (C=O) groups excluding carboxylic acids is 1. The Labute approximate surface area is 139 Å². The predicted octanol–water partition coefficient (Wildman–Crippen LogP) is 4.28. The second kappa shape index (κ2) is 6.66. The molecule has 4 nitrogen and oxygen atoms in total. The van der Waals surface area contributed by atoms with Crippen LogP contribution in [0.25, 0.3) is 11.3 Å². The third kappa shape index (κ3) is 3.20. The first-order valence-electron chi connectivity index (χ1n) is 7.64. The Balaban J connectivity index is 1.85. The minimum atomic E-state index is -0.307. The Morgan fingerprint density at radius 3 is 2.46 bits per heavy atom. The van der Waals surface area contributed by atoms with Crippen LogP contribution in [-0.2, 0) is 0 Å². The fourth-order valence-corrected chi connectivity index (χ4v) is 2.54. The number of rotatable bonds is 4. The Kier molecular flexibility index (Phi) is 4.42. The molecule has 5 heteroatoms. The molecule has 1 aromatic heterocycles. The molecule has 3 aromatic rings. The summed E-state index contributed by atoms with van der Waals surface area (Å²) in [7, 11) is 0. The van der Waals surface area contributed by atoms with Crippen molar-refractivity contribution in [3.8, 4) is 11.3 Å². The molecule has 122 valence electrons. The van der Waals surface area contributed by atoms with Gasteiger partial charge in [-0.05, 0) is 31.5 Å². The van der Waals surface area contributed by atoms with Gasteiger partial charge >= 0.3 is 0 Å². The van der Waals surface area contributed by atoms with E-state index in [0.29, 0.717) is 17.0 Å². The van der Waals surface area contributed by atoms with E-state index < -0.39 is 0 Å². The van der Waals surface area contributed by atoms with Crippen LogP contribution in [0, 0.1) is 12.7 Å². The first-order chi connectivity index (χ1) is 11.6. The monoisotopic (exact) mass is 324 g/mol. The molecule has 0 saturated heterocycles. The molecule has 0 radical (unpaired) electrons. The van der Waals surface area contributed by atoms with E-state index in [9.17, 15) is 9.18 Å². The largest absolute Gasteiger partial charge is 0.360 e. The van der Waals surface area contributed by atoms with Crippen molar-refractivity contribution in [2.24, 2.45) is 0 Å². The molecule has 1 atom stereocenters. The maximum atomic E-state index is 13.0. The van der Waals surface area contributed by atoms with Gasteiger partial charge in [-0.1, -0.05) is 47.6 Å². The van der Waals surface area contributed by atoms with Gasteiger partial charge in [0.2, 0.25) is 0 Å². The molecule has 3 rings (SSSR count). The number of nitrogens with zero attached hydrogens (tertiary/aromatic N) is 1. The van der Waals surface area contributed by atoms with Crippen LogP contribution in [-0.4, -0.2) is 11.1 Å². The van der Waals surface area contributed by atoms with Crippen LogP contribution in [0.3, 0.4) is 0 Å². The summed E-state index contributed by atoms with van der Waals surface area (Å²) in [4.78, 5) is 12.7. The molecular formula is C19H17FN2O2. The van der Waals surface area contributed by atoms with E-state index in [1.165, 1.54) is 12.1 Å². The topological polar surface area (TPSA) is 55.1 Å². The highest BCUT2D eigenvalue weighted by molar-refractivity contribution is 6.00. The second-order valence-corrected chi connectivity index (χ2v) is 5.58. The lowest BCUT2D eigenvalue weighted by atomic mass is 10.0. The van der Waals surface area contributed by atoms with Gasteiger partial charge in [0, 0.05) is 5.56 Å². The molecule has 2 aromatic carbocycles. The second-order valence-electron chi connectivity index (χ2n) is 5.58. The summed E-state index contributed by atoms with van der Waals surface area (Å²) < 4.78 is 18.2. The van der Waals surface area contributed by atoms with E-state index in [1.807, 2.05) is 37.3 Å². The molecule has 0 spiro atoms. The van der Waals surface area contributed by atoms with Gasteiger partial charge in [-0.25, -0.2) is 4.39 Å². The average molecular weight is 324 g/mol. The van der Waals surface area contributed by atoms with Crippen molar-refractivity contribution in [2.45, 2.75) is 19.9 Å². The minimum absolute atomic E-state index is 0.268. The van der Waals surface area contributed by atoms with Gasteiger partial charge in [-0.15, -0.1) is 0 Å². The normalized spacial score (nSPS) is 12.0. The third-order valence-corrected chi connectivity index (χ3v) is 3.85. The highest BCUT2D eigenvalue weighted by Crippen LogP contribution is 2.25. The van der Waals surface area contributed by atoms with Gasteiger partial charge in [-0.2, -0.15) is 0 Å². The van der Waals surface area contributed by atoms with E-state index in [0.717, 1.165) is 11.1 Å². The van der Waals surface area contributed by atoms with E-state index in [-0.39, 0.29) is 17.8 Å². The SMILES string of the molecule is Cc1onc(-c2ccccc2)c1C(=O)N[C@H](C)c1ccc(F)cc1. The highest BCUT2D eigenvalue weighted by atomic mass is 19.1. The minimum Gasteiger partial charge on any atom is -0.360 e. The first-order valence-corrected chi connectivity index (χ1v) is 7.64. The van der Waals surface area contributed by atoms with Gasteiger partial charge in [-0.3, -0.25) is 4.79 Å². The first kappa shape index (κ1) is 15.9. The van der Waals surface area contributed by atoms with Crippen LogP contribution in [0.5, 0.6) is 0 Å². The molecule has 0 aliphatic rings. The molecule has 1 heterocycles. The van der Waals surface area contributed by atoms with Crippen molar-refractivity contribution in [1.29, 1.82) is 0 Å². The molecule has 0 bridgehead atoms. The van der Waals surface area contributed by atoms with Crippen LogP contribution in [0.15, 0.2) is 59.1 Å². The van der Waals surface area contributed by atoms with Crippen molar-refractivity contribution in [2.75, 3.05) is 0 Å². The molecule has 0 aliphatic heterocycles. The van der Waals surface area contributed by atoms with Crippen molar-refractivity contribution < 1.29 is 13.7 Å². The number of hydrogen-bond acceptors (Lipinski definition) is 3. The van der Waals surface area contributed by atoms with Crippen molar-refractivity contribution >= 4 is 5.91 Å². The zero-order valence-corrected chi connectivity index (χ0v) is 13.4. The number of aryl methyl sites for hydroxylation is 1. The fourth-order valence-electron chi connectivity index (χ4n) is 2.54. The predicted molar refractivity (Wildman–Crippen MR) is 89.0 cm³/mol. The van der Waals surface area contributed by atoms with Crippen LogP contribution in [0.2, 0.25) is 0 Å². The van der Waals surface area contributed by atoms with Crippen molar-refractivity contribution in [1.82, 2.24) is 10.5 Å². The average Bonchev–Trinajstić information content (AvgIpc) is 2.98. The number of hydrogen-bond donors (Lipinski definition) is 1. The fraction of sp³-hybridized carbons (Fsp3) is 0.158. The summed E-state index contributed by atoms with van der Waals surface area (Å²) in [6, 6.07) is 15.2. The molecule has 0 unspecified atom stereocenters. The van der Waals surface area contributed by atoms with E-state index in [1.54, 1.807) is 19.1 Å². The third-order valence-electron chi connectivity index (χ3n) is 3.85. The number of amides is 1. The van der Waals surface area contributed by atoms with E-state index in [2.05, 4.69) is 10.5 Å². The van der Waals surface area contributed by atoms with Gasteiger partial charge in [0.1, 0.15) is 22.8 Å². The molecule has 24 heavy (non-hydrogen) atoms.